The second kappa shape index (κ2) is 4.95. The van der Waals surface area contributed by atoms with Gasteiger partial charge < -0.3 is 10.4 Å². The van der Waals surface area contributed by atoms with E-state index < -0.39 is 17.8 Å². The molecule has 0 aromatic heterocycles. The Morgan fingerprint density at radius 2 is 1.74 bits per heavy atom. The summed E-state index contributed by atoms with van der Waals surface area (Å²) in [5, 5.41) is 12.6. The Morgan fingerprint density at radius 3 is 2.26 bits per heavy atom. The molecule has 4 atom stereocenters. The third kappa shape index (κ3) is 2.04. The molecule has 0 aliphatic heterocycles. The molecule has 3 aliphatic carbocycles. The highest BCUT2D eigenvalue weighted by Crippen LogP contribution is 2.72. The van der Waals surface area contributed by atoms with E-state index in [0.717, 1.165) is 24.9 Å². The van der Waals surface area contributed by atoms with Gasteiger partial charge in [0.2, 0.25) is 5.91 Å². The fourth-order valence-corrected chi connectivity index (χ4v) is 4.74. The molecule has 4 heteroatoms. The van der Waals surface area contributed by atoms with Crippen LogP contribution >= 0.6 is 0 Å². The standard InChI is InChI=1S/C19H21NO3/c1-2-11-3-5-12(6-4-11)20-17(21)15-13-7-8-14(16(15)18(22)23)19(13)9-10-19/h3-8,13-16H,2,9-10H2,1H3,(H,20,21)(H,22,23). The molecule has 1 spiro atoms. The first-order valence-electron chi connectivity index (χ1n) is 8.38. The number of aliphatic carboxylic acids is 1. The van der Waals surface area contributed by atoms with Crippen LogP contribution in [0.15, 0.2) is 36.4 Å². The van der Waals surface area contributed by atoms with E-state index in [9.17, 15) is 14.7 Å². The predicted octanol–water partition coefficient (Wildman–Crippen LogP) is 3.10. The normalized spacial score (nSPS) is 32.2. The van der Waals surface area contributed by atoms with Crippen molar-refractivity contribution in [1.82, 2.24) is 0 Å². The van der Waals surface area contributed by atoms with Gasteiger partial charge in [-0.15, -0.1) is 0 Å². The summed E-state index contributed by atoms with van der Waals surface area (Å²) in [6, 6.07) is 7.77. The second-order valence-electron chi connectivity index (χ2n) is 7.10. The maximum atomic E-state index is 12.8. The van der Waals surface area contributed by atoms with Gasteiger partial charge in [-0.2, -0.15) is 0 Å². The van der Waals surface area contributed by atoms with Gasteiger partial charge in [0.25, 0.3) is 0 Å². The molecule has 23 heavy (non-hydrogen) atoms. The Labute approximate surface area is 135 Å². The van der Waals surface area contributed by atoms with Crippen LogP contribution in [0, 0.1) is 29.1 Å². The average Bonchev–Trinajstić information content (AvgIpc) is 3.21. The van der Waals surface area contributed by atoms with E-state index in [1.54, 1.807) is 0 Å². The van der Waals surface area contributed by atoms with Crippen LogP contribution in [0.25, 0.3) is 0 Å². The number of carboxylic acid groups (broad SMARTS) is 1. The summed E-state index contributed by atoms with van der Waals surface area (Å²) in [7, 11) is 0. The first kappa shape index (κ1) is 14.5. The van der Waals surface area contributed by atoms with Crippen molar-refractivity contribution in [3.63, 3.8) is 0 Å². The van der Waals surface area contributed by atoms with Crippen molar-refractivity contribution in [2.24, 2.45) is 29.1 Å². The van der Waals surface area contributed by atoms with E-state index >= 15 is 0 Å². The van der Waals surface area contributed by atoms with Gasteiger partial charge in [-0.1, -0.05) is 31.2 Å². The molecule has 1 amide bonds. The summed E-state index contributed by atoms with van der Waals surface area (Å²) in [5.41, 5.74) is 2.02. The smallest absolute Gasteiger partial charge is 0.307 e. The zero-order chi connectivity index (χ0) is 16.2. The van der Waals surface area contributed by atoms with Crippen LogP contribution in [-0.2, 0) is 16.0 Å². The number of hydrogen-bond donors (Lipinski definition) is 2. The minimum absolute atomic E-state index is 0.0308. The van der Waals surface area contributed by atoms with E-state index in [4.69, 9.17) is 0 Å². The van der Waals surface area contributed by atoms with E-state index in [1.807, 2.05) is 30.3 Å². The first-order chi connectivity index (χ1) is 11.1. The van der Waals surface area contributed by atoms with Crippen LogP contribution < -0.4 is 5.32 Å². The molecule has 1 aromatic rings. The van der Waals surface area contributed by atoms with Crippen molar-refractivity contribution in [1.29, 1.82) is 0 Å². The number of benzene rings is 1. The highest BCUT2D eigenvalue weighted by Gasteiger charge is 2.70. The Kier molecular flexibility index (Phi) is 3.12. The number of amides is 1. The third-order valence-corrected chi connectivity index (χ3v) is 6.06. The molecule has 0 radical (unpaired) electrons. The third-order valence-electron chi connectivity index (χ3n) is 6.06. The molecule has 2 bridgehead atoms. The molecule has 2 saturated carbocycles. The van der Waals surface area contributed by atoms with Crippen molar-refractivity contribution >= 4 is 17.6 Å². The SMILES string of the molecule is CCc1ccc(NC(=O)C2C(C(=O)O)C3C=CC2C32CC2)cc1. The lowest BCUT2D eigenvalue weighted by molar-refractivity contribution is -0.146. The van der Waals surface area contributed by atoms with Crippen LogP contribution in [0.2, 0.25) is 0 Å². The lowest BCUT2D eigenvalue weighted by atomic mass is 9.82. The molecule has 2 N–H and O–H groups in total. The van der Waals surface area contributed by atoms with Crippen molar-refractivity contribution in [2.45, 2.75) is 26.2 Å². The molecular formula is C19H21NO3. The first-order valence-corrected chi connectivity index (χ1v) is 8.38. The van der Waals surface area contributed by atoms with Gasteiger partial charge in [0.15, 0.2) is 0 Å². The highest BCUT2D eigenvalue weighted by molar-refractivity contribution is 5.96. The summed E-state index contributed by atoms with van der Waals surface area (Å²) in [6.07, 6.45) is 7.18. The Balaban J connectivity index is 1.57. The van der Waals surface area contributed by atoms with Crippen molar-refractivity contribution in [3.05, 3.63) is 42.0 Å². The Bertz CT molecular complexity index is 687. The van der Waals surface area contributed by atoms with Crippen LogP contribution in [0.4, 0.5) is 5.69 Å². The molecule has 3 aliphatic rings. The van der Waals surface area contributed by atoms with E-state index in [1.165, 1.54) is 5.56 Å². The molecular weight excluding hydrogens is 290 g/mol. The monoisotopic (exact) mass is 311 g/mol. The molecule has 0 saturated heterocycles. The fraction of sp³-hybridized carbons (Fsp3) is 0.474. The van der Waals surface area contributed by atoms with Gasteiger partial charge in [-0.3, -0.25) is 9.59 Å². The number of carbonyl (C=O) groups is 2. The molecule has 1 aromatic carbocycles. The van der Waals surface area contributed by atoms with Gasteiger partial charge >= 0.3 is 5.97 Å². The van der Waals surface area contributed by atoms with Crippen LogP contribution in [0.3, 0.4) is 0 Å². The van der Waals surface area contributed by atoms with Gasteiger partial charge in [0, 0.05) is 5.69 Å². The van der Waals surface area contributed by atoms with Gasteiger partial charge in [0.1, 0.15) is 0 Å². The second-order valence-corrected chi connectivity index (χ2v) is 7.10. The predicted molar refractivity (Wildman–Crippen MR) is 86.9 cm³/mol. The lowest BCUT2D eigenvalue weighted by Gasteiger charge is -2.23. The zero-order valence-electron chi connectivity index (χ0n) is 13.2. The average molecular weight is 311 g/mol. The molecule has 0 heterocycles. The summed E-state index contributed by atoms with van der Waals surface area (Å²) in [6.45, 7) is 2.09. The number of hydrogen-bond acceptors (Lipinski definition) is 2. The molecule has 4 nitrogen and oxygen atoms in total. The number of allylic oxidation sites excluding steroid dienone is 2. The zero-order valence-corrected chi connectivity index (χ0v) is 13.2. The number of nitrogens with one attached hydrogen (secondary N) is 1. The molecule has 2 fully saturated rings. The number of carbonyl (C=O) groups excluding carboxylic acids is 1. The number of anilines is 1. The Morgan fingerprint density at radius 1 is 1.13 bits per heavy atom. The van der Waals surface area contributed by atoms with Crippen LogP contribution in [0.5, 0.6) is 0 Å². The largest absolute Gasteiger partial charge is 0.481 e. The van der Waals surface area contributed by atoms with Crippen LogP contribution in [0.1, 0.15) is 25.3 Å². The lowest BCUT2D eigenvalue weighted by Crippen LogP contribution is -2.36. The summed E-state index contributed by atoms with van der Waals surface area (Å²) in [5.74, 6) is -1.90. The minimum Gasteiger partial charge on any atom is -0.481 e. The summed E-state index contributed by atoms with van der Waals surface area (Å²) < 4.78 is 0. The van der Waals surface area contributed by atoms with Crippen molar-refractivity contribution < 1.29 is 14.7 Å². The van der Waals surface area contributed by atoms with Gasteiger partial charge in [-0.25, -0.2) is 0 Å². The van der Waals surface area contributed by atoms with E-state index in [0.29, 0.717) is 0 Å². The van der Waals surface area contributed by atoms with E-state index in [-0.39, 0.29) is 23.2 Å². The van der Waals surface area contributed by atoms with Crippen molar-refractivity contribution in [3.8, 4) is 0 Å². The maximum absolute atomic E-state index is 12.8. The van der Waals surface area contributed by atoms with Gasteiger partial charge in [-0.05, 0) is 54.2 Å². The topological polar surface area (TPSA) is 66.4 Å². The molecule has 4 unspecified atom stereocenters. The maximum Gasteiger partial charge on any atom is 0.307 e. The number of rotatable bonds is 4. The number of carboxylic acids is 1. The summed E-state index contributed by atoms with van der Waals surface area (Å²) in [4.78, 5) is 24.5. The molecule has 120 valence electrons. The Hall–Kier alpha value is -2.10. The van der Waals surface area contributed by atoms with Gasteiger partial charge in [0.05, 0.1) is 11.8 Å². The summed E-state index contributed by atoms with van der Waals surface area (Å²) >= 11 is 0. The quantitative estimate of drug-likeness (QED) is 0.840. The minimum atomic E-state index is -0.838. The van der Waals surface area contributed by atoms with E-state index in [2.05, 4.69) is 18.3 Å². The number of aryl methyl sites for hydroxylation is 1. The molecule has 4 rings (SSSR count). The van der Waals surface area contributed by atoms with Crippen LogP contribution in [-0.4, -0.2) is 17.0 Å². The van der Waals surface area contributed by atoms with Crippen molar-refractivity contribution in [2.75, 3.05) is 5.32 Å². The highest BCUT2D eigenvalue weighted by atomic mass is 16.4. The fourth-order valence-electron chi connectivity index (χ4n) is 4.74.